The average Bonchev–Trinajstić information content (AvgIpc) is 2.83. The summed E-state index contributed by atoms with van der Waals surface area (Å²) >= 11 is 0. The van der Waals surface area contributed by atoms with Crippen molar-refractivity contribution in [1.82, 2.24) is 14.9 Å². The van der Waals surface area contributed by atoms with Gasteiger partial charge in [0.05, 0.1) is 18.2 Å². The molecule has 3 nitrogen and oxygen atoms in total. The second-order valence-electron chi connectivity index (χ2n) is 5.17. The lowest BCUT2D eigenvalue weighted by Crippen LogP contribution is -2.16. The van der Waals surface area contributed by atoms with Crippen molar-refractivity contribution >= 4 is 0 Å². The highest BCUT2D eigenvalue weighted by Crippen LogP contribution is 2.53. The summed E-state index contributed by atoms with van der Waals surface area (Å²) in [5.41, 5.74) is 2.13. The maximum absolute atomic E-state index is 13.0. The summed E-state index contributed by atoms with van der Waals surface area (Å²) in [6.07, 6.45) is 3.77. The van der Waals surface area contributed by atoms with Crippen LogP contribution in [0, 0.1) is 17.7 Å². The zero-order chi connectivity index (χ0) is 12.1. The fraction of sp³-hybridized carbons (Fsp3) is 0.357. The monoisotopic (exact) mass is 243 g/mol. The SMILES string of the molecule is Fc1ccc(-c2cncn2C2C3CNCC32)cc1. The first-order valence-electron chi connectivity index (χ1n) is 6.33. The maximum atomic E-state index is 13.0. The lowest BCUT2D eigenvalue weighted by Gasteiger charge is -2.10. The van der Waals surface area contributed by atoms with Crippen LogP contribution in [0.5, 0.6) is 0 Å². The van der Waals surface area contributed by atoms with Crippen LogP contribution in [0.4, 0.5) is 4.39 Å². The minimum absolute atomic E-state index is 0.197. The van der Waals surface area contributed by atoms with Gasteiger partial charge in [-0.15, -0.1) is 0 Å². The van der Waals surface area contributed by atoms with E-state index < -0.39 is 0 Å². The molecule has 0 amide bonds. The summed E-state index contributed by atoms with van der Waals surface area (Å²) in [5.74, 6) is 1.30. The Kier molecular flexibility index (Phi) is 2.08. The second kappa shape index (κ2) is 3.65. The van der Waals surface area contributed by atoms with Crippen LogP contribution in [0.25, 0.3) is 11.3 Å². The second-order valence-corrected chi connectivity index (χ2v) is 5.17. The summed E-state index contributed by atoms with van der Waals surface area (Å²) in [4.78, 5) is 4.26. The number of hydrogen-bond donors (Lipinski definition) is 1. The van der Waals surface area contributed by atoms with Gasteiger partial charge in [0.15, 0.2) is 0 Å². The molecule has 2 atom stereocenters. The molecular weight excluding hydrogens is 229 g/mol. The lowest BCUT2D eigenvalue weighted by atomic mass is 10.1. The van der Waals surface area contributed by atoms with Gasteiger partial charge in [0, 0.05) is 19.1 Å². The molecule has 1 aromatic carbocycles. The van der Waals surface area contributed by atoms with Gasteiger partial charge in [0.2, 0.25) is 0 Å². The number of imidazole rings is 1. The minimum atomic E-state index is -0.197. The number of aromatic nitrogens is 2. The summed E-state index contributed by atoms with van der Waals surface area (Å²) < 4.78 is 15.2. The largest absolute Gasteiger partial charge is 0.327 e. The van der Waals surface area contributed by atoms with Gasteiger partial charge in [-0.05, 0) is 41.7 Å². The van der Waals surface area contributed by atoms with Gasteiger partial charge < -0.3 is 9.88 Å². The zero-order valence-corrected chi connectivity index (χ0v) is 9.88. The van der Waals surface area contributed by atoms with Crippen LogP contribution in [0.15, 0.2) is 36.8 Å². The number of nitrogens with one attached hydrogen (secondary N) is 1. The molecule has 2 fully saturated rings. The molecule has 1 N–H and O–H groups in total. The molecule has 2 heterocycles. The first-order valence-corrected chi connectivity index (χ1v) is 6.33. The highest BCUT2D eigenvalue weighted by Gasteiger charge is 2.54. The Morgan fingerprint density at radius 3 is 2.61 bits per heavy atom. The molecule has 4 heteroatoms. The van der Waals surface area contributed by atoms with E-state index in [1.54, 1.807) is 0 Å². The third-order valence-corrected chi connectivity index (χ3v) is 4.17. The topological polar surface area (TPSA) is 29.9 Å². The van der Waals surface area contributed by atoms with E-state index >= 15 is 0 Å². The van der Waals surface area contributed by atoms with Crippen molar-refractivity contribution in [2.24, 2.45) is 11.8 Å². The van der Waals surface area contributed by atoms with E-state index in [0.717, 1.165) is 36.2 Å². The first-order chi connectivity index (χ1) is 8.84. The molecule has 2 aliphatic rings. The normalized spacial score (nSPS) is 29.3. The molecule has 0 spiro atoms. The van der Waals surface area contributed by atoms with Gasteiger partial charge in [-0.3, -0.25) is 0 Å². The molecule has 0 bridgehead atoms. The molecule has 2 unspecified atom stereocenters. The summed E-state index contributed by atoms with van der Waals surface area (Å²) in [6.45, 7) is 2.22. The number of nitrogens with zero attached hydrogens (tertiary/aromatic N) is 2. The van der Waals surface area contributed by atoms with E-state index in [-0.39, 0.29) is 5.82 Å². The van der Waals surface area contributed by atoms with Gasteiger partial charge in [-0.1, -0.05) is 0 Å². The Labute approximate surface area is 105 Å². The van der Waals surface area contributed by atoms with Crippen LogP contribution in [-0.4, -0.2) is 22.6 Å². The maximum Gasteiger partial charge on any atom is 0.123 e. The van der Waals surface area contributed by atoms with Gasteiger partial charge >= 0.3 is 0 Å². The molecule has 1 saturated heterocycles. The van der Waals surface area contributed by atoms with Crippen molar-refractivity contribution in [1.29, 1.82) is 0 Å². The van der Waals surface area contributed by atoms with E-state index in [1.807, 2.05) is 24.7 Å². The summed E-state index contributed by atoms with van der Waals surface area (Å²) in [6, 6.07) is 7.22. The van der Waals surface area contributed by atoms with Crippen molar-refractivity contribution in [3.05, 3.63) is 42.6 Å². The molecule has 1 aliphatic heterocycles. The molecule has 1 saturated carbocycles. The molecule has 92 valence electrons. The average molecular weight is 243 g/mol. The van der Waals surface area contributed by atoms with E-state index in [1.165, 1.54) is 12.1 Å². The fourth-order valence-corrected chi connectivity index (χ4v) is 3.18. The Balaban J connectivity index is 1.70. The highest BCUT2D eigenvalue weighted by molar-refractivity contribution is 5.59. The van der Waals surface area contributed by atoms with Gasteiger partial charge in [0.25, 0.3) is 0 Å². The van der Waals surface area contributed by atoms with Gasteiger partial charge in [0.1, 0.15) is 5.82 Å². The third-order valence-electron chi connectivity index (χ3n) is 4.17. The van der Waals surface area contributed by atoms with Crippen molar-refractivity contribution in [3.8, 4) is 11.3 Å². The van der Waals surface area contributed by atoms with Crippen LogP contribution >= 0.6 is 0 Å². The van der Waals surface area contributed by atoms with Crippen molar-refractivity contribution in [3.63, 3.8) is 0 Å². The zero-order valence-electron chi connectivity index (χ0n) is 9.88. The Hall–Kier alpha value is -1.68. The Bertz CT molecular complexity index is 565. The van der Waals surface area contributed by atoms with Crippen LogP contribution in [0.2, 0.25) is 0 Å². The number of rotatable bonds is 2. The molecule has 1 aromatic heterocycles. The number of halogens is 1. The number of piperidine rings is 1. The number of benzene rings is 1. The predicted molar refractivity (Wildman–Crippen MR) is 66.5 cm³/mol. The minimum Gasteiger partial charge on any atom is -0.327 e. The molecule has 1 aliphatic carbocycles. The Morgan fingerprint density at radius 1 is 1.17 bits per heavy atom. The summed E-state index contributed by atoms with van der Waals surface area (Å²) in [7, 11) is 0. The van der Waals surface area contributed by atoms with E-state index in [4.69, 9.17) is 0 Å². The molecule has 2 aromatic rings. The quantitative estimate of drug-likeness (QED) is 0.875. The Morgan fingerprint density at radius 2 is 1.89 bits per heavy atom. The lowest BCUT2D eigenvalue weighted by molar-refractivity contribution is 0.573. The van der Waals surface area contributed by atoms with Crippen molar-refractivity contribution in [2.75, 3.05) is 13.1 Å². The molecule has 0 radical (unpaired) electrons. The molecular formula is C14H14FN3. The van der Waals surface area contributed by atoms with Gasteiger partial charge in [-0.2, -0.15) is 0 Å². The van der Waals surface area contributed by atoms with Crippen LogP contribution in [-0.2, 0) is 0 Å². The molecule has 4 rings (SSSR count). The highest BCUT2D eigenvalue weighted by atomic mass is 19.1. The van der Waals surface area contributed by atoms with E-state index in [2.05, 4.69) is 14.9 Å². The first kappa shape index (κ1) is 10.3. The van der Waals surface area contributed by atoms with Gasteiger partial charge in [-0.25, -0.2) is 9.37 Å². The van der Waals surface area contributed by atoms with E-state index in [9.17, 15) is 4.39 Å². The van der Waals surface area contributed by atoms with Crippen LogP contribution < -0.4 is 5.32 Å². The number of fused-ring (bicyclic) bond motifs is 1. The van der Waals surface area contributed by atoms with Crippen LogP contribution in [0.1, 0.15) is 6.04 Å². The number of hydrogen-bond acceptors (Lipinski definition) is 2. The van der Waals surface area contributed by atoms with E-state index in [0.29, 0.717) is 6.04 Å². The van der Waals surface area contributed by atoms with Crippen LogP contribution in [0.3, 0.4) is 0 Å². The third kappa shape index (κ3) is 1.42. The molecule has 18 heavy (non-hydrogen) atoms. The predicted octanol–water partition coefficient (Wildman–Crippen LogP) is 2.08. The summed E-state index contributed by atoms with van der Waals surface area (Å²) in [5, 5.41) is 3.40. The standard InChI is InChI=1S/C14H14FN3/c15-10-3-1-9(2-4-10)13-7-17-8-18(13)14-11-5-16-6-12(11)14/h1-4,7-8,11-12,14,16H,5-6H2. The van der Waals surface area contributed by atoms with Crippen molar-refractivity contribution in [2.45, 2.75) is 6.04 Å². The van der Waals surface area contributed by atoms with Crippen molar-refractivity contribution < 1.29 is 4.39 Å². The smallest absolute Gasteiger partial charge is 0.123 e. The fourth-order valence-electron chi connectivity index (χ4n) is 3.18.